The summed E-state index contributed by atoms with van der Waals surface area (Å²) < 4.78 is 0.970. The Morgan fingerprint density at radius 2 is 1.68 bits per heavy atom. The van der Waals surface area contributed by atoms with E-state index in [9.17, 15) is 9.59 Å². The van der Waals surface area contributed by atoms with E-state index in [1.165, 1.54) is 0 Å². The van der Waals surface area contributed by atoms with E-state index in [4.69, 9.17) is 0 Å². The second-order valence-corrected chi connectivity index (χ2v) is 6.76. The molecular formula is C19H20BrN3O2. The summed E-state index contributed by atoms with van der Waals surface area (Å²) in [7, 11) is 0. The summed E-state index contributed by atoms with van der Waals surface area (Å²) in [5.74, 6) is -0.713. The van der Waals surface area contributed by atoms with E-state index in [2.05, 4.69) is 31.8 Å². The van der Waals surface area contributed by atoms with Crippen LogP contribution in [0.4, 0.5) is 0 Å². The largest absolute Gasteiger partial charge is 0.340 e. The number of carbonyl (C=O) groups is 2. The highest BCUT2D eigenvalue weighted by Crippen LogP contribution is 2.09. The van der Waals surface area contributed by atoms with Gasteiger partial charge in [0, 0.05) is 10.0 Å². The number of carbonyl (C=O) groups excluding carboxylic acids is 2. The molecule has 25 heavy (non-hydrogen) atoms. The molecule has 6 heteroatoms. The second kappa shape index (κ2) is 9.13. The van der Waals surface area contributed by atoms with Crippen LogP contribution in [0.3, 0.4) is 0 Å². The molecule has 5 nitrogen and oxygen atoms in total. The van der Waals surface area contributed by atoms with Gasteiger partial charge in [-0.1, -0.05) is 60.1 Å². The van der Waals surface area contributed by atoms with E-state index in [0.29, 0.717) is 5.56 Å². The molecule has 0 bridgehead atoms. The number of hydrogen-bond acceptors (Lipinski definition) is 3. The van der Waals surface area contributed by atoms with Crippen LogP contribution in [0, 0.1) is 5.92 Å². The first-order valence-electron chi connectivity index (χ1n) is 7.92. The maximum atomic E-state index is 12.3. The molecule has 0 aliphatic rings. The van der Waals surface area contributed by atoms with Crippen LogP contribution in [0.5, 0.6) is 0 Å². The first-order chi connectivity index (χ1) is 12.0. The number of hydrogen-bond donors (Lipinski definition) is 2. The number of nitrogens with one attached hydrogen (secondary N) is 2. The van der Waals surface area contributed by atoms with Crippen molar-refractivity contribution in [1.82, 2.24) is 10.7 Å². The van der Waals surface area contributed by atoms with Gasteiger partial charge in [-0.25, -0.2) is 5.43 Å². The molecular weight excluding hydrogens is 382 g/mol. The molecule has 1 atom stereocenters. The molecule has 0 aliphatic heterocycles. The third-order valence-electron chi connectivity index (χ3n) is 3.53. The van der Waals surface area contributed by atoms with Gasteiger partial charge in [-0.2, -0.15) is 5.10 Å². The minimum atomic E-state index is -0.672. The van der Waals surface area contributed by atoms with Crippen LogP contribution >= 0.6 is 15.9 Å². The monoisotopic (exact) mass is 401 g/mol. The lowest BCUT2D eigenvalue weighted by Crippen LogP contribution is -2.48. The van der Waals surface area contributed by atoms with E-state index in [1.807, 2.05) is 44.2 Å². The molecule has 0 unspecified atom stereocenters. The van der Waals surface area contributed by atoms with Crippen molar-refractivity contribution in [3.05, 3.63) is 70.2 Å². The average molecular weight is 402 g/mol. The predicted molar refractivity (Wildman–Crippen MR) is 102 cm³/mol. The predicted octanol–water partition coefficient (Wildman–Crippen LogP) is 3.35. The third-order valence-corrected chi connectivity index (χ3v) is 4.06. The molecule has 0 radical (unpaired) electrons. The fourth-order valence-electron chi connectivity index (χ4n) is 2.14. The van der Waals surface area contributed by atoms with Gasteiger partial charge in [0.15, 0.2) is 0 Å². The van der Waals surface area contributed by atoms with Crippen LogP contribution in [0.1, 0.15) is 29.8 Å². The zero-order valence-electron chi connectivity index (χ0n) is 14.1. The van der Waals surface area contributed by atoms with E-state index < -0.39 is 6.04 Å². The first-order valence-corrected chi connectivity index (χ1v) is 8.71. The molecule has 2 aromatic rings. The van der Waals surface area contributed by atoms with Gasteiger partial charge in [-0.3, -0.25) is 9.59 Å². The lowest BCUT2D eigenvalue weighted by Gasteiger charge is -2.20. The van der Waals surface area contributed by atoms with Crippen LogP contribution in [-0.2, 0) is 4.79 Å². The van der Waals surface area contributed by atoms with E-state index >= 15 is 0 Å². The maximum Gasteiger partial charge on any atom is 0.262 e. The minimum absolute atomic E-state index is 0.0736. The standard InChI is InChI=1S/C19H20BrN3O2/c1-13(2)17(22-18(24)15-6-4-3-5-7-15)19(25)23-21-12-14-8-10-16(20)11-9-14/h3-13,17H,1-2H3,(H,22,24)(H,23,25)/t17-/m1/s1. The Hall–Kier alpha value is -2.47. The van der Waals surface area contributed by atoms with Gasteiger partial charge in [0.2, 0.25) is 0 Å². The molecule has 2 amide bonds. The van der Waals surface area contributed by atoms with Gasteiger partial charge in [0.05, 0.1) is 6.21 Å². The molecule has 0 saturated heterocycles. The molecule has 2 aromatic carbocycles. The summed E-state index contributed by atoms with van der Waals surface area (Å²) in [6, 6.07) is 15.7. The van der Waals surface area contributed by atoms with Gasteiger partial charge in [-0.05, 0) is 35.7 Å². The highest BCUT2D eigenvalue weighted by Gasteiger charge is 2.24. The number of benzene rings is 2. The summed E-state index contributed by atoms with van der Waals surface area (Å²) in [5.41, 5.74) is 3.86. The molecule has 0 saturated carbocycles. The first kappa shape index (κ1) is 18.9. The molecule has 2 rings (SSSR count). The van der Waals surface area contributed by atoms with Crippen molar-refractivity contribution in [2.75, 3.05) is 0 Å². The maximum absolute atomic E-state index is 12.3. The van der Waals surface area contributed by atoms with Gasteiger partial charge in [0.25, 0.3) is 11.8 Å². The van der Waals surface area contributed by atoms with E-state index in [0.717, 1.165) is 10.0 Å². The van der Waals surface area contributed by atoms with Crippen molar-refractivity contribution in [2.45, 2.75) is 19.9 Å². The van der Waals surface area contributed by atoms with Gasteiger partial charge >= 0.3 is 0 Å². The zero-order chi connectivity index (χ0) is 18.2. The molecule has 0 aliphatic carbocycles. The summed E-state index contributed by atoms with van der Waals surface area (Å²) in [6.45, 7) is 3.74. The van der Waals surface area contributed by atoms with E-state index in [1.54, 1.807) is 30.5 Å². The smallest absolute Gasteiger partial charge is 0.262 e. The fraction of sp³-hybridized carbons (Fsp3) is 0.211. The molecule has 0 aromatic heterocycles. The van der Waals surface area contributed by atoms with E-state index in [-0.39, 0.29) is 17.7 Å². The Kier molecular flexibility index (Phi) is 6.89. The third kappa shape index (κ3) is 5.83. The quantitative estimate of drug-likeness (QED) is 0.575. The van der Waals surface area contributed by atoms with Crippen LogP contribution < -0.4 is 10.7 Å². The Labute approximate surface area is 155 Å². The Morgan fingerprint density at radius 3 is 2.28 bits per heavy atom. The minimum Gasteiger partial charge on any atom is -0.340 e. The topological polar surface area (TPSA) is 70.6 Å². The van der Waals surface area contributed by atoms with Crippen molar-refractivity contribution in [3.63, 3.8) is 0 Å². The zero-order valence-corrected chi connectivity index (χ0v) is 15.7. The number of hydrazone groups is 1. The van der Waals surface area contributed by atoms with Gasteiger partial charge in [0.1, 0.15) is 6.04 Å². The highest BCUT2D eigenvalue weighted by atomic mass is 79.9. The lowest BCUT2D eigenvalue weighted by atomic mass is 10.0. The fourth-order valence-corrected chi connectivity index (χ4v) is 2.40. The number of halogens is 1. The molecule has 130 valence electrons. The van der Waals surface area contributed by atoms with Crippen LogP contribution in [-0.4, -0.2) is 24.1 Å². The highest BCUT2D eigenvalue weighted by molar-refractivity contribution is 9.10. The summed E-state index contributed by atoms with van der Waals surface area (Å²) >= 11 is 3.36. The van der Waals surface area contributed by atoms with Crippen molar-refractivity contribution in [3.8, 4) is 0 Å². The Morgan fingerprint density at radius 1 is 1.04 bits per heavy atom. The van der Waals surface area contributed by atoms with Crippen molar-refractivity contribution in [1.29, 1.82) is 0 Å². The molecule has 2 N–H and O–H groups in total. The SMILES string of the molecule is CC(C)[C@@H](NC(=O)c1ccccc1)C(=O)NN=Cc1ccc(Br)cc1. The van der Waals surface area contributed by atoms with Crippen LogP contribution in [0.25, 0.3) is 0 Å². The van der Waals surface area contributed by atoms with Gasteiger partial charge in [-0.15, -0.1) is 0 Å². The summed E-state index contributed by atoms with van der Waals surface area (Å²) in [5, 5.41) is 6.72. The normalized spacial score (nSPS) is 12.2. The number of nitrogens with zero attached hydrogens (tertiary/aromatic N) is 1. The lowest BCUT2D eigenvalue weighted by molar-refractivity contribution is -0.123. The molecule has 0 spiro atoms. The Balaban J connectivity index is 1.98. The van der Waals surface area contributed by atoms with Crippen molar-refractivity contribution in [2.24, 2.45) is 11.0 Å². The van der Waals surface area contributed by atoms with Crippen molar-refractivity contribution < 1.29 is 9.59 Å². The Bertz CT molecular complexity index is 743. The number of amides is 2. The summed E-state index contributed by atoms with van der Waals surface area (Å²) in [6.07, 6.45) is 1.56. The average Bonchev–Trinajstić information content (AvgIpc) is 2.61. The number of rotatable bonds is 6. The molecule has 0 heterocycles. The van der Waals surface area contributed by atoms with Crippen LogP contribution in [0.2, 0.25) is 0 Å². The second-order valence-electron chi connectivity index (χ2n) is 5.85. The summed E-state index contributed by atoms with van der Waals surface area (Å²) in [4.78, 5) is 24.6. The van der Waals surface area contributed by atoms with Crippen LogP contribution in [0.15, 0.2) is 64.2 Å². The van der Waals surface area contributed by atoms with Gasteiger partial charge < -0.3 is 5.32 Å². The van der Waals surface area contributed by atoms with Crippen molar-refractivity contribution >= 4 is 34.0 Å². The molecule has 0 fully saturated rings.